The van der Waals surface area contributed by atoms with Gasteiger partial charge in [-0.1, -0.05) is 30.3 Å². The first kappa shape index (κ1) is 18.8. The van der Waals surface area contributed by atoms with E-state index in [1.165, 1.54) is 9.21 Å². The number of carbonyl (C=O) groups is 1. The molecule has 1 aliphatic rings. The van der Waals surface area contributed by atoms with Gasteiger partial charge in [-0.05, 0) is 35.7 Å². The number of nitrogens with zero attached hydrogens (tertiary/aromatic N) is 1. The highest BCUT2D eigenvalue weighted by Gasteiger charge is 2.39. The number of nitrogens with one attached hydrogen (secondary N) is 2. The molecule has 0 radical (unpaired) electrons. The number of sulfonamides is 1. The van der Waals surface area contributed by atoms with Crippen LogP contribution >= 0.6 is 0 Å². The molecule has 0 aliphatic carbocycles. The van der Waals surface area contributed by atoms with Gasteiger partial charge in [0.15, 0.2) is 0 Å². The van der Waals surface area contributed by atoms with E-state index in [-0.39, 0.29) is 10.8 Å². The van der Waals surface area contributed by atoms with Crippen molar-refractivity contribution in [2.24, 2.45) is 0 Å². The molecule has 0 spiro atoms. The summed E-state index contributed by atoms with van der Waals surface area (Å²) in [7, 11) is 0.326. The minimum absolute atomic E-state index is 0.201. The third-order valence-electron chi connectivity index (χ3n) is 4.76. The molecule has 140 valence electrons. The first-order valence-corrected chi connectivity index (χ1v) is 10.4. The van der Waals surface area contributed by atoms with Crippen LogP contribution in [0.1, 0.15) is 12.8 Å². The predicted octanol–water partition coefficient (Wildman–Crippen LogP) is 0.254. The zero-order valence-corrected chi connectivity index (χ0v) is 16.1. The molecule has 3 rings (SSSR count). The predicted molar refractivity (Wildman–Crippen MR) is 102 cm³/mol. The van der Waals surface area contributed by atoms with Gasteiger partial charge in [0, 0.05) is 6.54 Å². The normalized spacial score (nSPS) is 18.5. The van der Waals surface area contributed by atoms with E-state index in [1.807, 2.05) is 44.4 Å². The van der Waals surface area contributed by atoms with Gasteiger partial charge in [0.1, 0.15) is 6.04 Å². The molecule has 2 N–H and O–H groups in total. The summed E-state index contributed by atoms with van der Waals surface area (Å²) in [4.78, 5) is 14.0. The number of quaternary nitrogens is 1. The van der Waals surface area contributed by atoms with Gasteiger partial charge in [-0.3, -0.25) is 4.79 Å². The average molecular weight is 377 g/mol. The zero-order valence-electron chi connectivity index (χ0n) is 15.2. The Labute approximate surface area is 154 Å². The van der Waals surface area contributed by atoms with E-state index in [0.717, 1.165) is 17.3 Å². The smallest absolute Gasteiger partial charge is 0.243 e. The fourth-order valence-electron chi connectivity index (χ4n) is 3.31. The Morgan fingerprint density at radius 2 is 1.92 bits per heavy atom. The molecule has 1 atom stereocenters. The van der Waals surface area contributed by atoms with Crippen LogP contribution in [0.25, 0.3) is 10.8 Å². The lowest BCUT2D eigenvalue weighted by molar-refractivity contribution is -0.856. The number of hydrogen-bond donors (Lipinski definition) is 2. The van der Waals surface area contributed by atoms with Crippen LogP contribution in [0.2, 0.25) is 0 Å². The maximum Gasteiger partial charge on any atom is 0.243 e. The molecule has 6 nitrogen and oxygen atoms in total. The molecule has 2 aromatic carbocycles. The standard InChI is InChI=1S/C19H25N3O3S/c1-21(2)13-11-20-19(23)18-8-5-12-22(18)26(24,25)17-10-9-15-6-3-4-7-16(15)14-17/h3-4,6-7,9-10,14,18H,5,8,11-13H2,1-2H3,(H,20,23)/p+1/t18-/m0/s1. The van der Waals surface area contributed by atoms with E-state index < -0.39 is 16.1 Å². The van der Waals surface area contributed by atoms with Crippen LogP contribution in [0.4, 0.5) is 0 Å². The minimum Gasteiger partial charge on any atom is -0.349 e. The summed E-state index contributed by atoms with van der Waals surface area (Å²) in [6, 6.07) is 12.2. The number of carbonyl (C=O) groups excluding carboxylic acids is 1. The average Bonchev–Trinajstić information content (AvgIpc) is 3.11. The second kappa shape index (κ2) is 7.73. The largest absolute Gasteiger partial charge is 0.349 e. The lowest BCUT2D eigenvalue weighted by atomic mass is 10.1. The molecule has 0 aromatic heterocycles. The summed E-state index contributed by atoms with van der Waals surface area (Å²) in [6.07, 6.45) is 1.26. The zero-order chi connectivity index (χ0) is 18.7. The van der Waals surface area contributed by atoms with E-state index in [4.69, 9.17) is 0 Å². The molecule has 0 saturated carbocycles. The number of likely N-dealkylation sites (N-methyl/N-ethyl adjacent to an activating group) is 1. The summed E-state index contributed by atoms with van der Waals surface area (Å²) < 4.78 is 27.6. The third kappa shape index (κ3) is 3.90. The van der Waals surface area contributed by atoms with Crippen LogP contribution in [0.5, 0.6) is 0 Å². The van der Waals surface area contributed by atoms with Crippen molar-refractivity contribution >= 4 is 26.7 Å². The highest BCUT2D eigenvalue weighted by atomic mass is 32.2. The van der Waals surface area contributed by atoms with Crippen LogP contribution in [0.3, 0.4) is 0 Å². The van der Waals surface area contributed by atoms with Crippen molar-refractivity contribution in [2.45, 2.75) is 23.8 Å². The summed E-state index contributed by atoms with van der Waals surface area (Å²) in [5.74, 6) is -0.201. The molecular formula is C19H26N3O3S+. The molecule has 1 aliphatic heterocycles. The summed E-state index contributed by atoms with van der Waals surface area (Å²) in [6.45, 7) is 1.73. The van der Waals surface area contributed by atoms with Gasteiger partial charge >= 0.3 is 0 Å². The van der Waals surface area contributed by atoms with E-state index >= 15 is 0 Å². The Hall–Kier alpha value is -1.96. The van der Waals surface area contributed by atoms with Crippen molar-refractivity contribution in [1.82, 2.24) is 9.62 Å². The molecule has 0 bridgehead atoms. The second-order valence-corrected chi connectivity index (χ2v) is 8.92. The van der Waals surface area contributed by atoms with Gasteiger partial charge in [0.2, 0.25) is 15.9 Å². The molecule has 1 saturated heterocycles. The third-order valence-corrected chi connectivity index (χ3v) is 6.66. The Balaban J connectivity index is 1.81. The molecule has 1 amide bonds. The van der Waals surface area contributed by atoms with Crippen molar-refractivity contribution in [2.75, 3.05) is 33.7 Å². The molecular weight excluding hydrogens is 350 g/mol. The molecule has 0 unspecified atom stereocenters. The van der Waals surface area contributed by atoms with Gasteiger partial charge in [0.05, 0.1) is 32.1 Å². The maximum absolute atomic E-state index is 13.1. The van der Waals surface area contributed by atoms with Crippen LogP contribution < -0.4 is 10.2 Å². The summed E-state index contributed by atoms with van der Waals surface area (Å²) in [5.41, 5.74) is 0. The number of amides is 1. The van der Waals surface area contributed by atoms with Crippen molar-refractivity contribution < 1.29 is 18.1 Å². The van der Waals surface area contributed by atoms with Crippen LogP contribution in [-0.4, -0.2) is 58.4 Å². The maximum atomic E-state index is 13.1. The number of benzene rings is 2. The molecule has 2 aromatic rings. The van der Waals surface area contributed by atoms with Crippen molar-refractivity contribution in [1.29, 1.82) is 0 Å². The van der Waals surface area contributed by atoms with E-state index in [1.54, 1.807) is 12.1 Å². The van der Waals surface area contributed by atoms with Gasteiger partial charge < -0.3 is 10.2 Å². The van der Waals surface area contributed by atoms with E-state index in [2.05, 4.69) is 5.32 Å². The fourth-order valence-corrected chi connectivity index (χ4v) is 5.00. The van der Waals surface area contributed by atoms with Crippen LogP contribution in [0, 0.1) is 0 Å². The topological polar surface area (TPSA) is 70.9 Å². The Morgan fingerprint density at radius 3 is 2.65 bits per heavy atom. The number of fused-ring (bicyclic) bond motifs is 1. The molecule has 1 fully saturated rings. The van der Waals surface area contributed by atoms with Crippen molar-refractivity contribution in [3.8, 4) is 0 Å². The molecule has 26 heavy (non-hydrogen) atoms. The van der Waals surface area contributed by atoms with E-state index in [9.17, 15) is 13.2 Å². The minimum atomic E-state index is -3.70. The summed E-state index contributed by atoms with van der Waals surface area (Å²) in [5, 5.41) is 4.74. The fraction of sp³-hybridized carbons (Fsp3) is 0.421. The Kier molecular flexibility index (Phi) is 5.60. The van der Waals surface area contributed by atoms with Gasteiger partial charge in [-0.25, -0.2) is 8.42 Å². The first-order chi connectivity index (χ1) is 12.4. The lowest BCUT2D eigenvalue weighted by Gasteiger charge is -2.23. The Bertz CT molecular complexity index is 896. The number of rotatable bonds is 6. The van der Waals surface area contributed by atoms with Gasteiger partial charge in [-0.2, -0.15) is 4.31 Å². The Morgan fingerprint density at radius 1 is 1.19 bits per heavy atom. The second-order valence-electron chi connectivity index (χ2n) is 7.03. The summed E-state index contributed by atoms with van der Waals surface area (Å²) >= 11 is 0. The van der Waals surface area contributed by atoms with Crippen LogP contribution in [0.15, 0.2) is 47.4 Å². The monoisotopic (exact) mass is 376 g/mol. The molecule has 7 heteroatoms. The lowest BCUT2D eigenvalue weighted by Crippen LogP contribution is -3.06. The highest BCUT2D eigenvalue weighted by molar-refractivity contribution is 7.89. The molecule has 1 heterocycles. The first-order valence-electron chi connectivity index (χ1n) is 8.97. The van der Waals surface area contributed by atoms with Crippen LogP contribution in [-0.2, 0) is 14.8 Å². The number of hydrogen-bond acceptors (Lipinski definition) is 3. The van der Waals surface area contributed by atoms with Gasteiger partial charge in [-0.15, -0.1) is 0 Å². The van der Waals surface area contributed by atoms with Crippen molar-refractivity contribution in [3.63, 3.8) is 0 Å². The highest BCUT2D eigenvalue weighted by Crippen LogP contribution is 2.28. The van der Waals surface area contributed by atoms with E-state index in [0.29, 0.717) is 25.9 Å². The SMILES string of the molecule is C[NH+](C)CCNC(=O)[C@@H]1CCCN1S(=O)(=O)c1ccc2ccccc2c1. The van der Waals surface area contributed by atoms with Crippen molar-refractivity contribution in [3.05, 3.63) is 42.5 Å². The van der Waals surface area contributed by atoms with Gasteiger partial charge in [0.25, 0.3) is 0 Å². The quantitative estimate of drug-likeness (QED) is 0.760.